The predicted octanol–water partition coefficient (Wildman–Crippen LogP) is 3.93. The number of carbonyl (C=O) groups is 1. The Hall–Kier alpha value is -3.12. The largest absolute Gasteiger partial charge is 0.487 e. The van der Waals surface area contributed by atoms with Gasteiger partial charge >= 0.3 is 0 Å². The Balaban J connectivity index is 1.31. The third-order valence-electron chi connectivity index (χ3n) is 6.29. The molecule has 160 valence electrons. The zero-order valence-electron chi connectivity index (χ0n) is 17.7. The van der Waals surface area contributed by atoms with Crippen LogP contribution < -0.4 is 4.74 Å². The molecule has 2 aromatic carbocycles. The molecule has 1 aromatic heterocycles. The van der Waals surface area contributed by atoms with Gasteiger partial charge in [-0.05, 0) is 42.0 Å². The molecule has 5 rings (SSSR count). The Morgan fingerprint density at radius 3 is 2.65 bits per heavy atom. The van der Waals surface area contributed by atoms with Crippen LogP contribution in [0, 0.1) is 0 Å². The molecule has 0 saturated heterocycles. The SMILES string of the molecule is Cn1cc(-c2ccc(CN3Cc4cccc(O[C@H]5CCCC[C@@H]5O)c4C3=O)cc2)cn1. The van der Waals surface area contributed by atoms with Gasteiger partial charge in [0.2, 0.25) is 0 Å². The maximum Gasteiger partial charge on any atom is 0.258 e. The number of nitrogens with zero attached hydrogens (tertiary/aromatic N) is 3. The molecule has 2 atom stereocenters. The summed E-state index contributed by atoms with van der Waals surface area (Å²) >= 11 is 0. The number of aromatic nitrogens is 2. The van der Waals surface area contributed by atoms with E-state index in [1.807, 2.05) is 42.5 Å². The summed E-state index contributed by atoms with van der Waals surface area (Å²) in [5.74, 6) is 0.593. The van der Waals surface area contributed by atoms with Crippen molar-refractivity contribution in [3.63, 3.8) is 0 Å². The third-order valence-corrected chi connectivity index (χ3v) is 6.29. The van der Waals surface area contributed by atoms with Gasteiger partial charge < -0.3 is 14.7 Å². The number of amides is 1. The van der Waals surface area contributed by atoms with E-state index in [1.54, 1.807) is 4.68 Å². The van der Waals surface area contributed by atoms with E-state index in [4.69, 9.17) is 4.74 Å². The highest BCUT2D eigenvalue weighted by atomic mass is 16.5. The molecule has 31 heavy (non-hydrogen) atoms. The summed E-state index contributed by atoms with van der Waals surface area (Å²) in [5, 5.41) is 14.5. The van der Waals surface area contributed by atoms with E-state index in [0.29, 0.717) is 24.4 Å². The van der Waals surface area contributed by atoms with Gasteiger partial charge in [-0.1, -0.05) is 42.8 Å². The highest BCUT2D eigenvalue weighted by Crippen LogP contribution is 2.34. The van der Waals surface area contributed by atoms with Crippen LogP contribution in [0.3, 0.4) is 0 Å². The first kappa shape index (κ1) is 19.8. The van der Waals surface area contributed by atoms with Crippen molar-refractivity contribution in [2.75, 3.05) is 0 Å². The summed E-state index contributed by atoms with van der Waals surface area (Å²) < 4.78 is 7.93. The van der Waals surface area contributed by atoms with Crippen LogP contribution in [0.2, 0.25) is 0 Å². The number of aliphatic hydroxyl groups excluding tert-OH is 1. The molecule has 0 unspecified atom stereocenters. The van der Waals surface area contributed by atoms with Crippen LogP contribution in [-0.4, -0.2) is 37.9 Å². The van der Waals surface area contributed by atoms with Crippen molar-refractivity contribution in [1.29, 1.82) is 0 Å². The van der Waals surface area contributed by atoms with Crippen molar-refractivity contribution >= 4 is 5.91 Å². The molecule has 0 spiro atoms. The first-order valence-electron chi connectivity index (χ1n) is 10.9. The lowest BCUT2D eigenvalue weighted by Gasteiger charge is -2.28. The van der Waals surface area contributed by atoms with E-state index in [1.165, 1.54) is 0 Å². The number of carbonyl (C=O) groups excluding carboxylic acids is 1. The van der Waals surface area contributed by atoms with Crippen molar-refractivity contribution in [1.82, 2.24) is 14.7 Å². The summed E-state index contributed by atoms with van der Waals surface area (Å²) in [7, 11) is 1.90. The van der Waals surface area contributed by atoms with Crippen LogP contribution >= 0.6 is 0 Å². The summed E-state index contributed by atoms with van der Waals surface area (Å²) in [5.41, 5.74) is 4.89. The maximum absolute atomic E-state index is 13.2. The van der Waals surface area contributed by atoms with Crippen LogP contribution in [0.25, 0.3) is 11.1 Å². The van der Waals surface area contributed by atoms with Crippen LogP contribution in [-0.2, 0) is 20.1 Å². The second-order valence-corrected chi connectivity index (χ2v) is 8.56. The molecule has 6 heteroatoms. The summed E-state index contributed by atoms with van der Waals surface area (Å²) in [6.07, 6.45) is 6.80. The highest BCUT2D eigenvalue weighted by Gasteiger charge is 2.33. The summed E-state index contributed by atoms with van der Waals surface area (Å²) in [6.45, 7) is 1.12. The number of hydrogen-bond donors (Lipinski definition) is 1. The lowest BCUT2D eigenvalue weighted by atomic mass is 9.94. The van der Waals surface area contributed by atoms with E-state index in [2.05, 4.69) is 29.4 Å². The zero-order chi connectivity index (χ0) is 21.4. The van der Waals surface area contributed by atoms with E-state index in [-0.39, 0.29) is 12.0 Å². The summed E-state index contributed by atoms with van der Waals surface area (Å²) in [6, 6.07) is 14.0. The lowest BCUT2D eigenvalue weighted by molar-refractivity contribution is 0.00636. The van der Waals surface area contributed by atoms with Gasteiger partial charge in [-0.2, -0.15) is 5.10 Å². The number of benzene rings is 2. The smallest absolute Gasteiger partial charge is 0.258 e. The van der Waals surface area contributed by atoms with Crippen molar-refractivity contribution in [2.24, 2.45) is 7.05 Å². The number of aliphatic hydroxyl groups is 1. The second-order valence-electron chi connectivity index (χ2n) is 8.56. The van der Waals surface area contributed by atoms with E-state index in [0.717, 1.165) is 47.9 Å². The fraction of sp³-hybridized carbons (Fsp3) is 0.360. The minimum atomic E-state index is -0.462. The fourth-order valence-corrected chi connectivity index (χ4v) is 4.58. The number of fused-ring (bicyclic) bond motifs is 1. The number of ether oxygens (including phenoxy) is 1. The minimum absolute atomic E-state index is 0.00719. The van der Waals surface area contributed by atoms with Crippen LogP contribution in [0.4, 0.5) is 0 Å². The van der Waals surface area contributed by atoms with E-state index >= 15 is 0 Å². The minimum Gasteiger partial charge on any atom is -0.487 e. The predicted molar refractivity (Wildman–Crippen MR) is 118 cm³/mol. The molecule has 2 heterocycles. The average Bonchev–Trinajstić information content (AvgIpc) is 3.34. The summed E-state index contributed by atoms with van der Waals surface area (Å²) in [4.78, 5) is 15.1. The molecule has 2 aliphatic rings. The van der Waals surface area contributed by atoms with Gasteiger partial charge in [0.15, 0.2) is 0 Å². The van der Waals surface area contributed by atoms with Gasteiger partial charge in [0.1, 0.15) is 11.9 Å². The zero-order valence-corrected chi connectivity index (χ0v) is 17.7. The Kier molecular flexibility index (Phi) is 5.24. The molecule has 0 radical (unpaired) electrons. The van der Waals surface area contributed by atoms with Gasteiger partial charge in [0.05, 0.1) is 17.9 Å². The number of aryl methyl sites for hydroxylation is 1. The first-order chi connectivity index (χ1) is 15.1. The Morgan fingerprint density at radius 2 is 1.90 bits per heavy atom. The van der Waals surface area contributed by atoms with Gasteiger partial charge in [-0.3, -0.25) is 9.48 Å². The normalized spacial score (nSPS) is 20.7. The quantitative estimate of drug-likeness (QED) is 0.683. The van der Waals surface area contributed by atoms with Crippen molar-refractivity contribution in [2.45, 2.75) is 51.0 Å². The maximum atomic E-state index is 13.2. The highest BCUT2D eigenvalue weighted by molar-refractivity contribution is 6.01. The number of rotatable bonds is 5. The van der Waals surface area contributed by atoms with Crippen molar-refractivity contribution in [3.8, 4) is 16.9 Å². The molecule has 6 nitrogen and oxygen atoms in total. The molecule has 3 aromatic rings. The Bertz CT molecular complexity index is 1090. The molecular formula is C25H27N3O3. The second kappa shape index (κ2) is 8.19. The van der Waals surface area contributed by atoms with Crippen molar-refractivity contribution < 1.29 is 14.6 Å². The van der Waals surface area contributed by atoms with Gasteiger partial charge in [-0.25, -0.2) is 0 Å². The Labute approximate surface area is 182 Å². The molecule has 1 aliphatic carbocycles. The molecule has 1 aliphatic heterocycles. The standard InChI is InChI=1S/C25H27N3O3/c1-27-15-20(13-26-27)18-11-9-17(10-12-18)14-28-16-19-5-4-8-23(24(19)25(28)30)31-22-7-3-2-6-21(22)29/h4-5,8-13,15,21-22,29H,2-3,6-7,14,16H2,1H3/t21-,22-/m0/s1. The lowest BCUT2D eigenvalue weighted by Crippen LogP contribution is -2.35. The molecule has 1 amide bonds. The van der Waals surface area contributed by atoms with Crippen LogP contribution in [0.15, 0.2) is 54.9 Å². The van der Waals surface area contributed by atoms with Gasteiger partial charge in [0, 0.05) is 31.9 Å². The van der Waals surface area contributed by atoms with Gasteiger partial charge in [-0.15, -0.1) is 0 Å². The molecule has 1 N–H and O–H groups in total. The van der Waals surface area contributed by atoms with E-state index < -0.39 is 6.10 Å². The number of hydrogen-bond acceptors (Lipinski definition) is 4. The van der Waals surface area contributed by atoms with Crippen LogP contribution in [0.5, 0.6) is 5.75 Å². The van der Waals surface area contributed by atoms with Crippen molar-refractivity contribution in [3.05, 3.63) is 71.5 Å². The van der Waals surface area contributed by atoms with Crippen LogP contribution in [0.1, 0.15) is 47.2 Å². The third kappa shape index (κ3) is 3.95. The monoisotopic (exact) mass is 417 g/mol. The molecule has 1 fully saturated rings. The fourth-order valence-electron chi connectivity index (χ4n) is 4.58. The molecular weight excluding hydrogens is 390 g/mol. The Morgan fingerprint density at radius 1 is 1.10 bits per heavy atom. The molecule has 0 bridgehead atoms. The van der Waals surface area contributed by atoms with Gasteiger partial charge in [0.25, 0.3) is 5.91 Å². The molecule has 1 saturated carbocycles. The topological polar surface area (TPSA) is 67.6 Å². The van der Waals surface area contributed by atoms with E-state index in [9.17, 15) is 9.90 Å². The average molecular weight is 418 g/mol. The first-order valence-corrected chi connectivity index (χ1v) is 10.9.